The number of likely N-dealkylation sites (tertiary alicyclic amines) is 1. The summed E-state index contributed by atoms with van der Waals surface area (Å²) in [5.41, 5.74) is 1.66. The molecule has 0 saturated carbocycles. The van der Waals surface area contributed by atoms with Crippen LogP contribution in [0.15, 0.2) is 29.6 Å². The summed E-state index contributed by atoms with van der Waals surface area (Å²) >= 11 is 1.62. The Kier molecular flexibility index (Phi) is 4.56. The summed E-state index contributed by atoms with van der Waals surface area (Å²) in [5, 5.41) is 10.2. The molecule has 1 aromatic carbocycles. The van der Waals surface area contributed by atoms with Gasteiger partial charge in [0.2, 0.25) is 5.91 Å². The van der Waals surface area contributed by atoms with Crippen molar-refractivity contribution < 1.29 is 14.3 Å². The lowest BCUT2D eigenvalue weighted by atomic mass is 9.78. The molecule has 1 atom stereocenters. The first kappa shape index (κ1) is 17.5. The normalized spacial score (nSPS) is 20.7. The molecule has 0 unspecified atom stereocenters. The minimum Gasteiger partial charge on any atom is -0.497 e. The first-order chi connectivity index (χ1) is 11.9. The van der Waals surface area contributed by atoms with Gasteiger partial charge in [0.05, 0.1) is 14.2 Å². The molecule has 2 heterocycles. The van der Waals surface area contributed by atoms with Crippen LogP contribution < -0.4 is 9.47 Å². The number of amides is 1. The standard InChI is InChI=1S/C19H22N2O3S/c1-19(9-17(20)21(2)18(22)10-19)16-7-12(11-25-16)14-8-13(23-3)5-6-15(14)24-4/h5-8,11,20H,9-10H2,1-4H3/t19-/m0/s1. The lowest BCUT2D eigenvalue weighted by molar-refractivity contribution is -0.128. The number of hydrogen-bond donors (Lipinski definition) is 1. The summed E-state index contributed by atoms with van der Waals surface area (Å²) in [6.07, 6.45) is 0.978. The van der Waals surface area contributed by atoms with Crippen LogP contribution in [0.5, 0.6) is 11.5 Å². The van der Waals surface area contributed by atoms with Crippen molar-refractivity contribution >= 4 is 23.1 Å². The molecule has 0 aliphatic carbocycles. The number of amidine groups is 1. The van der Waals surface area contributed by atoms with Crippen LogP contribution in [-0.2, 0) is 10.2 Å². The molecule has 25 heavy (non-hydrogen) atoms. The van der Waals surface area contributed by atoms with Crippen LogP contribution in [0.2, 0.25) is 0 Å². The van der Waals surface area contributed by atoms with E-state index in [4.69, 9.17) is 14.9 Å². The van der Waals surface area contributed by atoms with E-state index in [9.17, 15) is 4.79 Å². The molecular weight excluding hydrogens is 336 g/mol. The van der Waals surface area contributed by atoms with Crippen LogP contribution in [0.3, 0.4) is 0 Å². The number of methoxy groups -OCH3 is 2. The molecule has 1 amide bonds. The number of piperidine rings is 1. The van der Waals surface area contributed by atoms with Gasteiger partial charge in [-0.1, -0.05) is 6.92 Å². The Labute approximate surface area is 151 Å². The molecule has 5 nitrogen and oxygen atoms in total. The molecular formula is C19H22N2O3S. The molecule has 1 fully saturated rings. The fourth-order valence-corrected chi connectivity index (χ4v) is 4.23. The largest absolute Gasteiger partial charge is 0.497 e. The Bertz CT molecular complexity index is 810. The summed E-state index contributed by atoms with van der Waals surface area (Å²) in [7, 11) is 4.96. The van der Waals surface area contributed by atoms with Crippen molar-refractivity contribution in [2.45, 2.75) is 25.2 Å². The molecule has 0 bridgehead atoms. The van der Waals surface area contributed by atoms with E-state index in [1.165, 1.54) is 4.90 Å². The number of hydrogen-bond acceptors (Lipinski definition) is 5. The minimum absolute atomic E-state index is 0.00680. The van der Waals surface area contributed by atoms with Gasteiger partial charge < -0.3 is 14.4 Å². The minimum atomic E-state index is -0.338. The van der Waals surface area contributed by atoms with Gasteiger partial charge in [0.1, 0.15) is 17.3 Å². The topological polar surface area (TPSA) is 62.6 Å². The van der Waals surface area contributed by atoms with Crippen molar-refractivity contribution in [3.63, 3.8) is 0 Å². The lowest BCUT2D eigenvalue weighted by Gasteiger charge is -2.36. The highest BCUT2D eigenvalue weighted by Gasteiger charge is 2.39. The van der Waals surface area contributed by atoms with Crippen LogP contribution in [-0.4, -0.2) is 37.9 Å². The summed E-state index contributed by atoms with van der Waals surface area (Å²) in [5.74, 6) is 1.91. The number of carbonyl (C=O) groups excluding carboxylic acids is 1. The highest BCUT2D eigenvalue weighted by atomic mass is 32.1. The number of benzene rings is 1. The molecule has 1 aliphatic rings. The Morgan fingerprint density at radius 3 is 2.60 bits per heavy atom. The van der Waals surface area contributed by atoms with E-state index in [0.29, 0.717) is 18.7 Å². The van der Waals surface area contributed by atoms with E-state index in [-0.39, 0.29) is 11.3 Å². The second-order valence-corrected chi connectivity index (χ2v) is 7.49. The zero-order valence-corrected chi connectivity index (χ0v) is 15.7. The van der Waals surface area contributed by atoms with Gasteiger partial charge in [-0.3, -0.25) is 10.2 Å². The maximum Gasteiger partial charge on any atom is 0.228 e. The predicted octanol–water partition coefficient (Wildman–Crippen LogP) is 3.92. The zero-order chi connectivity index (χ0) is 18.2. The molecule has 1 aliphatic heterocycles. The van der Waals surface area contributed by atoms with Crippen molar-refractivity contribution in [3.8, 4) is 22.6 Å². The van der Waals surface area contributed by atoms with Gasteiger partial charge in [0, 0.05) is 35.7 Å². The Morgan fingerprint density at radius 1 is 1.20 bits per heavy atom. The van der Waals surface area contributed by atoms with Crippen LogP contribution >= 0.6 is 11.3 Å². The third-order valence-electron chi connectivity index (χ3n) is 4.79. The highest BCUT2D eigenvalue weighted by Crippen LogP contribution is 2.43. The summed E-state index contributed by atoms with van der Waals surface area (Å²) in [6, 6.07) is 7.82. The number of thiophene rings is 1. The number of carbonyl (C=O) groups is 1. The molecule has 0 spiro atoms. The Hall–Kier alpha value is -2.34. The second-order valence-electron chi connectivity index (χ2n) is 6.58. The van der Waals surface area contributed by atoms with Crippen molar-refractivity contribution in [2.24, 2.45) is 0 Å². The average molecular weight is 358 g/mol. The summed E-state index contributed by atoms with van der Waals surface area (Å²) < 4.78 is 10.8. The van der Waals surface area contributed by atoms with Gasteiger partial charge in [-0.15, -0.1) is 11.3 Å². The second kappa shape index (κ2) is 6.52. The van der Waals surface area contributed by atoms with E-state index in [0.717, 1.165) is 27.5 Å². The first-order valence-corrected chi connectivity index (χ1v) is 8.91. The monoisotopic (exact) mass is 358 g/mol. The fraction of sp³-hybridized carbons (Fsp3) is 0.368. The molecule has 2 aromatic rings. The van der Waals surface area contributed by atoms with E-state index in [1.54, 1.807) is 32.6 Å². The lowest BCUT2D eigenvalue weighted by Crippen LogP contribution is -2.46. The molecule has 132 valence electrons. The van der Waals surface area contributed by atoms with Gasteiger partial charge in [-0.25, -0.2) is 0 Å². The van der Waals surface area contributed by atoms with Gasteiger partial charge >= 0.3 is 0 Å². The van der Waals surface area contributed by atoms with Crippen molar-refractivity contribution in [2.75, 3.05) is 21.3 Å². The smallest absolute Gasteiger partial charge is 0.228 e. The summed E-state index contributed by atoms with van der Waals surface area (Å²) in [4.78, 5) is 14.8. The number of ether oxygens (including phenoxy) is 2. The molecule has 0 radical (unpaired) electrons. The molecule has 6 heteroatoms. The molecule has 1 aromatic heterocycles. The highest BCUT2D eigenvalue weighted by molar-refractivity contribution is 7.10. The van der Waals surface area contributed by atoms with Gasteiger partial charge in [-0.05, 0) is 35.2 Å². The first-order valence-electron chi connectivity index (χ1n) is 8.03. The predicted molar refractivity (Wildman–Crippen MR) is 99.9 cm³/mol. The van der Waals surface area contributed by atoms with Gasteiger partial charge in [0.15, 0.2) is 0 Å². The average Bonchev–Trinajstić information content (AvgIpc) is 3.10. The van der Waals surface area contributed by atoms with Crippen LogP contribution in [0.1, 0.15) is 24.6 Å². The third-order valence-corrected chi connectivity index (χ3v) is 6.03. The van der Waals surface area contributed by atoms with E-state index < -0.39 is 0 Å². The van der Waals surface area contributed by atoms with Crippen molar-refractivity contribution in [1.29, 1.82) is 5.41 Å². The van der Waals surface area contributed by atoms with Crippen molar-refractivity contribution in [1.82, 2.24) is 4.90 Å². The van der Waals surface area contributed by atoms with E-state index in [2.05, 4.69) is 18.4 Å². The Balaban J connectivity index is 1.98. The molecule has 1 N–H and O–H groups in total. The maximum atomic E-state index is 12.2. The van der Waals surface area contributed by atoms with E-state index in [1.807, 2.05) is 18.2 Å². The number of nitrogens with one attached hydrogen (secondary N) is 1. The Morgan fingerprint density at radius 2 is 1.96 bits per heavy atom. The SMILES string of the molecule is COc1ccc(OC)c(-c2csc([C@@]3(C)CC(=N)N(C)C(=O)C3)c2)c1. The zero-order valence-electron chi connectivity index (χ0n) is 14.9. The van der Waals surface area contributed by atoms with Crippen LogP contribution in [0.25, 0.3) is 11.1 Å². The van der Waals surface area contributed by atoms with Gasteiger partial charge in [0.25, 0.3) is 0 Å². The summed E-state index contributed by atoms with van der Waals surface area (Å²) in [6.45, 7) is 2.06. The van der Waals surface area contributed by atoms with Crippen LogP contribution in [0, 0.1) is 5.41 Å². The fourth-order valence-electron chi connectivity index (χ4n) is 3.16. The quantitative estimate of drug-likeness (QED) is 0.901. The number of nitrogens with zero attached hydrogens (tertiary/aromatic N) is 1. The maximum absolute atomic E-state index is 12.2. The molecule has 1 saturated heterocycles. The molecule has 3 rings (SSSR count). The third kappa shape index (κ3) is 3.14. The van der Waals surface area contributed by atoms with Crippen LogP contribution in [0.4, 0.5) is 0 Å². The van der Waals surface area contributed by atoms with Gasteiger partial charge in [-0.2, -0.15) is 0 Å². The number of rotatable bonds is 4. The van der Waals surface area contributed by atoms with E-state index >= 15 is 0 Å². The van der Waals surface area contributed by atoms with Crippen molar-refractivity contribution in [3.05, 3.63) is 34.5 Å².